The topological polar surface area (TPSA) is 107 Å². The van der Waals surface area contributed by atoms with Gasteiger partial charge in [0.2, 0.25) is 0 Å². The number of carboxylic acid groups (broad SMARTS) is 1. The van der Waals surface area contributed by atoms with Crippen LogP contribution < -0.4 is 4.90 Å². The van der Waals surface area contributed by atoms with Crippen molar-refractivity contribution in [3.63, 3.8) is 0 Å². The van der Waals surface area contributed by atoms with Gasteiger partial charge in [0.05, 0.1) is 11.3 Å². The molecule has 0 amide bonds. The summed E-state index contributed by atoms with van der Waals surface area (Å²) in [5.74, 6) is -1.40. The van der Waals surface area contributed by atoms with Crippen LogP contribution in [0.1, 0.15) is 49.5 Å². The largest absolute Gasteiger partial charge is 0.478 e. The van der Waals surface area contributed by atoms with E-state index in [1.165, 1.54) is 6.07 Å². The van der Waals surface area contributed by atoms with Crippen LogP contribution >= 0.6 is 0 Å². The molecule has 0 radical (unpaired) electrons. The van der Waals surface area contributed by atoms with E-state index in [1.807, 2.05) is 49.1 Å². The first-order valence-corrected chi connectivity index (χ1v) is 11.8. The van der Waals surface area contributed by atoms with E-state index in [-0.39, 0.29) is 17.7 Å². The molecular formula is C23H32N2O5S. The summed E-state index contributed by atoms with van der Waals surface area (Å²) in [4.78, 5) is 17.7. The summed E-state index contributed by atoms with van der Waals surface area (Å²) < 4.78 is 31.3. The van der Waals surface area contributed by atoms with Gasteiger partial charge in [-0.2, -0.15) is 8.42 Å². The van der Waals surface area contributed by atoms with Gasteiger partial charge in [0.15, 0.2) is 0 Å². The molecule has 0 aliphatic rings. The van der Waals surface area contributed by atoms with E-state index in [0.29, 0.717) is 17.8 Å². The lowest BCUT2D eigenvalue weighted by Crippen LogP contribution is -2.25. The monoisotopic (exact) mass is 448 g/mol. The second-order valence-corrected chi connectivity index (χ2v) is 8.69. The molecule has 0 heterocycles. The lowest BCUT2D eigenvalue weighted by atomic mass is 10.1. The minimum Gasteiger partial charge on any atom is -0.478 e. The Labute approximate surface area is 185 Å². The van der Waals surface area contributed by atoms with Crippen LogP contribution in [0.4, 0.5) is 5.69 Å². The maximum Gasteiger partial charge on any atom is 0.336 e. The first kappa shape index (κ1) is 26.3. The average Bonchev–Trinajstić information content (AvgIpc) is 2.68. The summed E-state index contributed by atoms with van der Waals surface area (Å²) in [6.45, 7) is 8.70. The Balaban J connectivity index is 3.12. The van der Waals surface area contributed by atoms with Gasteiger partial charge in [0.25, 0.3) is 10.1 Å². The molecule has 1 aromatic carbocycles. The van der Waals surface area contributed by atoms with E-state index >= 15 is 0 Å². The minimum atomic E-state index is -4.07. The Hall–Kier alpha value is -2.71. The fraction of sp³-hybridized carbons (Fsp3) is 0.391. The van der Waals surface area contributed by atoms with Crippen LogP contribution in [0.3, 0.4) is 0 Å². The smallest absolute Gasteiger partial charge is 0.336 e. The van der Waals surface area contributed by atoms with E-state index in [0.717, 1.165) is 24.4 Å². The molecule has 8 heteroatoms. The Kier molecular flexibility index (Phi) is 10.9. The molecule has 0 saturated carbocycles. The number of aromatic carboxylic acids is 1. The van der Waals surface area contributed by atoms with Gasteiger partial charge in [-0.25, -0.2) is 4.79 Å². The van der Waals surface area contributed by atoms with Gasteiger partial charge in [-0.05, 0) is 63.5 Å². The quantitative estimate of drug-likeness (QED) is 0.273. The summed E-state index contributed by atoms with van der Waals surface area (Å²) in [6.07, 6.45) is 10.6. The molecule has 0 saturated heterocycles. The van der Waals surface area contributed by atoms with Crippen molar-refractivity contribution in [2.75, 3.05) is 23.7 Å². The molecule has 170 valence electrons. The van der Waals surface area contributed by atoms with Crippen molar-refractivity contribution in [3.05, 3.63) is 65.4 Å². The van der Waals surface area contributed by atoms with E-state index in [1.54, 1.807) is 19.1 Å². The molecule has 0 atom stereocenters. The Morgan fingerprint density at radius 3 is 2.52 bits per heavy atom. The number of anilines is 1. The summed E-state index contributed by atoms with van der Waals surface area (Å²) in [6, 6.07) is 4.99. The third kappa shape index (κ3) is 9.76. The van der Waals surface area contributed by atoms with Gasteiger partial charge in [-0.3, -0.25) is 9.55 Å². The zero-order valence-electron chi connectivity index (χ0n) is 18.6. The van der Waals surface area contributed by atoms with Crippen LogP contribution in [0.5, 0.6) is 0 Å². The molecule has 7 nitrogen and oxygen atoms in total. The van der Waals surface area contributed by atoms with Crippen molar-refractivity contribution in [2.45, 2.75) is 40.5 Å². The molecule has 1 rings (SSSR count). The molecule has 31 heavy (non-hydrogen) atoms. The van der Waals surface area contributed by atoms with Crippen LogP contribution in [-0.4, -0.2) is 48.6 Å². The summed E-state index contributed by atoms with van der Waals surface area (Å²) >= 11 is 0. The van der Waals surface area contributed by atoms with E-state index < -0.39 is 16.1 Å². The number of benzene rings is 1. The standard InChI is InChI=1S/C23H32N2O5S/c1-5-15-24-18(2)11-7-6-8-12-19(3)25(16-10-17-31(28,29)30)22-14-9-13-21(20(22)4)23(26)27/h6-9,11-14H,5,10,15-17H2,1-4H3,(H,26,27)(H,28,29,30)/b8-6+,11-7+,19-12+,24-18?. The molecule has 0 aliphatic heterocycles. The normalized spacial score (nSPS) is 13.3. The van der Waals surface area contributed by atoms with Gasteiger partial charge in [0, 0.05) is 30.2 Å². The van der Waals surface area contributed by atoms with Crippen molar-refractivity contribution < 1.29 is 22.9 Å². The van der Waals surface area contributed by atoms with Gasteiger partial charge in [-0.1, -0.05) is 31.2 Å². The van der Waals surface area contributed by atoms with E-state index in [2.05, 4.69) is 11.9 Å². The number of hydrogen-bond donors (Lipinski definition) is 2. The van der Waals surface area contributed by atoms with Crippen molar-refractivity contribution in [3.8, 4) is 0 Å². The lowest BCUT2D eigenvalue weighted by molar-refractivity contribution is 0.0696. The molecule has 2 N–H and O–H groups in total. The highest BCUT2D eigenvalue weighted by Gasteiger charge is 2.17. The highest BCUT2D eigenvalue weighted by Crippen LogP contribution is 2.27. The van der Waals surface area contributed by atoms with Crippen molar-refractivity contribution in [1.82, 2.24) is 0 Å². The number of nitrogens with zero attached hydrogens (tertiary/aromatic N) is 2. The van der Waals surface area contributed by atoms with Gasteiger partial charge in [0.1, 0.15) is 0 Å². The van der Waals surface area contributed by atoms with Gasteiger partial charge < -0.3 is 10.0 Å². The Bertz CT molecular complexity index is 976. The second-order valence-electron chi connectivity index (χ2n) is 7.12. The Morgan fingerprint density at radius 2 is 1.90 bits per heavy atom. The second kappa shape index (κ2) is 12.9. The van der Waals surface area contributed by atoms with Crippen LogP contribution in [0.25, 0.3) is 0 Å². The highest BCUT2D eigenvalue weighted by molar-refractivity contribution is 7.85. The van der Waals surface area contributed by atoms with Crippen LogP contribution in [-0.2, 0) is 10.1 Å². The Morgan fingerprint density at radius 1 is 1.19 bits per heavy atom. The van der Waals surface area contributed by atoms with E-state index in [4.69, 9.17) is 4.55 Å². The summed E-state index contributed by atoms with van der Waals surface area (Å²) in [7, 11) is -4.07. The SMILES string of the molecule is CCCN=C(C)/C=C/C=C/C=C(\C)N(CCCS(=O)(=O)O)c1cccc(C(=O)O)c1C. The van der Waals surface area contributed by atoms with Gasteiger partial charge >= 0.3 is 5.97 Å². The number of carbonyl (C=O) groups is 1. The van der Waals surface area contributed by atoms with Crippen LogP contribution in [0.15, 0.2) is 59.3 Å². The maximum absolute atomic E-state index is 11.5. The molecule has 0 unspecified atom stereocenters. The molecule has 0 aromatic heterocycles. The number of rotatable bonds is 12. The molecule has 1 aromatic rings. The lowest BCUT2D eigenvalue weighted by Gasteiger charge is -2.27. The van der Waals surface area contributed by atoms with Crippen molar-refractivity contribution in [1.29, 1.82) is 0 Å². The first-order valence-electron chi connectivity index (χ1n) is 10.1. The summed E-state index contributed by atoms with van der Waals surface area (Å²) in [5.41, 5.74) is 3.20. The highest BCUT2D eigenvalue weighted by atomic mass is 32.2. The fourth-order valence-electron chi connectivity index (χ4n) is 2.92. The molecule has 0 aliphatic carbocycles. The molecule has 0 spiro atoms. The number of aliphatic imine (C=N–C) groups is 1. The molecule has 0 fully saturated rings. The summed E-state index contributed by atoms with van der Waals surface area (Å²) in [5, 5.41) is 9.42. The minimum absolute atomic E-state index is 0.186. The van der Waals surface area contributed by atoms with E-state index in [9.17, 15) is 18.3 Å². The molecular weight excluding hydrogens is 416 g/mol. The van der Waals surface area contributed by atoms with Crippen molar-refractivity contribution in [2.24, 2.45) is 4.99 Å². The predicted octanol–water partition coefficient (Wildman–Crippen LogP) is 4.66. The fourth-order valence-corrected chi connectivity index (χ4v) is 3.42. The third-order valence-electron chi connectivity index (χ3n) is 4.52. The average molecular weight is 449 g/mol. The van der Waals surface area contributed by atoms with Crippen LogP contribution in [0.2, 0.25) is 0 Å². The number of carboxylic acids is 1. The maximum atomic E-state index is 11.5. The van der Waals surface area contributed by atoms with Gasteiger partial charge in [-0.15, -0.1) is 0 Å². The zero-order chi connectivity index (χ0) is 23.4. The predicted molar refractivity (Wildman–Crippen MR) is 127 cm³/mol. The first-order chi connectivity index (χ1) is 14.6. The third-order valence-corrected chi connectivity index (χ3v) is 5.32. The van der Waals surface area contributed by atoms with Crippen LogP contribution in [0, 0.1) is 6.92 Å². The number of allylic oxidation sites excluding steroid dienone is 6. The molecule has 0 bridgehead atoms. The van der Waals surface area contributed by atoms with Crippen molar-refractivity contribution >= 4 is 27.5 Å². The zero-order valence-corrected chi connectivity index (χ0v) is 19.4. The number of hydrogen-bond acceptors (Lipinski definition) is 5.